The second kappa shape index (κ2) is 4.35. The first-order valence-electron chi connectivity index (χ1n) is 6.91. The minimum Gasteiger partial charge on any atom is -0.370 e. The molecule has 0 amide bonds. The topological polar surface area (TPSA) is 41.9 Å². The van der Waals surface area contributed by atoms with Crippen molar-refractivity contribution in [2.45, 2.75) is 19.4 Å². The molecule has 2 aliphatic rings. The third kappa shape index (κ3) is 1.80. The standard InChI is InChI=1S/C14H18N4S/c1-9-3-5-19-14(9)11-6-13-16-8-10-7-15-4-2-12(10)18(13)17-11/h3,5-6,10,12,15-16H,2,4,7-8H2,1H3. The van der Waals surface area contributed by atoms with E-state index < -0.39 is 0 Å². The summed E-state index contributed by atoms with van der Waals surface area (Å²) in [5.74, 6) is 1.85. The monoisotopic (exact) mass is 274 g/mol. The van der Waals surface area contributed by atoms with Crippen LogP contribution in [0.5, 0.6) is 0 Å². The first kappa shape index (κ1) is 11.5. The number of piperidine rings is 1. The second-order valence-electron chi connectivity index (χ2n) is 5.49. The summed E-state index contributed by atoms with van der Waals surface area (Å²) < 4.78 is 2.23. The van der Waals surface area contributed by atoms with E-state index in [-0.39, 0.29) is 0 Å². The number of nitrogens with one attached hydrogen (secondary N) is 2. The Morgan fingerprint density at radius 2 is 2.37 bits per heavy atom. The molecule has 100 valence electrons. The van der Waals surface area contributed by atoms with Gasteiger partial charge < -0.3 is 10.6 Å². The highest BCUT2D eigenvalue weighted by Gasteiger charge is 2.32. The number of rotatable bonds is 1. The van der Waals surface area contributed by atoms with Crippen LogP contribution >= 0.6 is 11.3 Å². The summed E-state index contributed by atoms with van der Waals surface area (Å²) in [7, 11) is 0. The number of fused-ring (bicyclic) bond motifs is 3. The highest BCUT2D eigenvalue weighted by molar-refractivity contribution is 7.13. The van der Waals surface area contributed by atoms with Gasteiger partial charge in [0, 0.05) is 25.1 Å². The van der Waals surface area contributed by atoms with Crippen LogP contribution in [0.1, 0.15) is 18.0 Å². The van der Waals surface area contributed by atoms with Crippen LogP contribution < -0.4 is 10.6 Å². The van der Waals surface area contributed by atoms with E-state index in [2.05, 4.69) is 39.8 Å². The summed E-state index contributed by atoms with van der Waals surface area (Å²) in [6, 6.07) is 4.93. The van der Waals surface area contributed by atoms with Gasteiger partial charge in [-0.25, -0.2) is 4.68 Å². The first-order valence-corrected chi connectivity index (χ1v) is 7.79. The average molecular weight is 274 g/mol. The van der Waals surface area contributed by atoms with Gasteiger partial charge in [0.05, 0.1) is 10.9 Å². The highest BCUT2D eigenvalue weighted by Crippen LogP contribution is 2.36. The maximum Gasteiger partial charge on any atom is 0.125 e. The SMILES string of the molecule is Cc1ccsc1-c1cc2n(n1)C1CCNCC1CN2. The molecule has 0 radical (unpaired) electrons. The zero-order valence-electron chi connectivity index (χ0n) is 11.0. The van der Waals surface area contributed by atoms with Crippen LogP contribution in [0.2, 0.25) is 0 Å². The third-order valence-electron chi connectivity index (χ3n) is 4.26. The number of aryl methyl sites for hydroxylation is 1. The molecule has 0 bridgehead atoms. The van der Waals surface area contributed by atoms with E-state index in [1.54, 1.807) is 11.3 Å². The lowest BCUT2D eigenvalue weighted by atomic mass is 9.92. The van der Waals surface area contributed by atoms with Gasteiger partial charge >= 0.3 is 0 Å². The smallest absolute Gasteiger partial charge is 0.125 e. The second-order valence-corrected chi connectivity index (χ2v) is 6.41. The molecule has 0 aromatic carbocycles. The lowest BCUT2D eigenvalue weighted by molar-refractivity contribution is 0.238. The van der Waals surface area contributed by atoms with Gasteiger partial charge in [0.1, 0.15) is 11.5 Å². The molecule has 0 spiro atoms. The van der Waals surface area contributed by atoms with Crippen LogP contribution in [0, 0.1) is 12.8 Å². The Morgan fingerprint density at radius 1 is 1.42 bits per heavy atom. The Kier molecular flexibility index (Phi) is 2.63. The van der Waals surface area contributed by atoms with E-state index >= 15 is 0 Å². The van der Waals surface area contributed by atoms with Crippen molar-refractivity contribution in [3.8, 4) is 10.6 Å². The Labute approximate surface area is 116 Å². The zero-order chi connectivity index (χ0) is 12.8. The molecule has 2 aromatic rings. The Morgan fingerprint density at radius 3 is 3.21 bits per heavy atom. The molecule has 4 nitrogen and oxygen atoms in total. The van der Waals surface area contributed by atoms with Crippen LogP contribution in [-0.4, -0.2) is 29.4 Å². The summed E-state index contributed by atoms with van der Waals surface area (Å²) in [6.07, 6.45) is 1.18. The van der Waals surface area contributed by atoms with Crippen LogP contribution in [0.15, 0.2) is 17.5 Å². The third-order valence-corrected chi connectivity index (χ3v) is 5.30. The molecule has 2 N–H and O–H groups in total. The van der Waals surface area contributed by atoms with Gasteiger partial charge in [-0.05, 0) is 36.9 Å². The van der Waals surface area contributed by atoms with Crippen molar-refractivity contribution < 1.29 is 0 Å². The van der Waals surface area contributed by atoms with Crippen molar-refractivity contribution >= 4 is 17.2 Å². The molecular formula is C14H18N4S. The summed E-state index contributed by atoms with van der Waals surface area (Å²) >= 11 is 1.78. The van der Waals surface area contributed by atoms with Crippen molar-refractivity contribution in [2.75, 3.05) is 25.0 Å². The number of hydrogen-bond acceptors (Lipinski definition) is 4. The molecule has 2 atom stereocenters. The molecule has 4 rings (SSSR count). The van der Waals surface area contributed by atoms with Gasteiger partial charge in [-0.1, -0.05) is 0 Å². The number of thiophene rings is 1. The molecule has 1 fully saturated rings. The summed E-state index contributed by atoms with van der Waals surface area (Å²) in [5, 5.41) is 14.0. The molecule has 2 aliphatic heterocycles. The maximum atomic E-state index is 4.88. The zero-order valence-corrected chi connectivity index (χ0v) is 11.8. The van der Waals surface area contributed by atoms with E-state index in [4.69, 9.17) is 5.10 Å². The van der Waals surface area contributed by atoms with E-state index in [1.807, 2.05) is 0 Å². The van der Waals surface area contributed by atoms with E-state index in [1.165, 1.54) is 22.7 Å². The molecular weight excluding hydrogens is 256 g/mol. The fourth-order valence-electron chi connectivity index (χ4n) is 3.20. The van der Waals surface area contributed by atoms with Gasteiger partial charge in [-0.15, -0.1) is 11.3 Å². The minimum atomic E-state index is 0.562. The van der Waals surface area contributed by atoms with Crippen molar-refractivity contribution in [2.24, 2.45) is 5.92 Å². The number of anilines is 1. The van der Waals surface area contributed by atoms with Crippen molar-refractivity contribution in [3.63, 3.8) is 0 Å². The molecule has 2 aromatic heterocycles. The molecule has 5 heteroatoms. The Bertz CT molecular complexity index is 600. The average Bonchev–Trinajstić information content (AvgIpc) is 3.04. The lowest BCUT2D eigenvalue weighted by Gasteiger charge is -2.37. The predicted octanol–water partition coefficient (Wildman–Crippen LogP) is 2.50. The van der Waals surface area contributed by atoms with E-state index in [0.717, 1.165) is 25.3 Å². The van der Waals surface area contributed by atoms with Crippen LogP contribution in [0.3, 0.4) is 0 Å². The summed E-state index contributed by atoms with van der Waals surface area (Å²) in [5.41, 5.74) is 2.44. The Balaban J connectivity index is 1.75. The maximum absolute atomic E-state index is 4.88. The molecule has 2 unspecified atom stereocenters. The van der Waals surface area contributed by atoms with Gasteiger partial charge in [-0.3, -0.25) is 0 Å². The van der Waals surface area contributed by atoms with E-state index in [0.29, 0.717) is 12.0 Å². The Hall–Kier alpha value is -1.33. The van der Waals surface area contributed by atoms with Crippen LogP contribution in [-0.2, 0) is 0 Å². The molecule has 0 saturated carbocycles. The molecule has 1 saturated heterocycles. The van der Waals surface area contributed by atoms with Gasteiger partial charge in [0.15, 0.2) is 0 Å². The number of hydrogen-bond donors (Lipinski definition) is 2. The molecule has 19 heavy (non-hydrogen) atoms. The summed E-state index contributed by atoms with van der Waals surface area (Å²) in [6.45, 7) is 5.43. The minimum absolute atomic E-state index is 0.562. The fraction of sp³-hybridized carbons (Fsp3) is 0.500. The molecule has 4 heterocycles. The first-order chi connectivity index (χ1) is 9.33. The predicted molar refractivity (Wildman–Crippen MR) is 78.8 cm³/mol. The highest BCUT2D eigenvalue weighted by atomic mass is 32.1. The van der Waals surface area contributed by atoms with Crippen LogP contribution in [0.4, 0.5) is 5.82 Å². The van der Waals surface area contributed by atoms with Gasteiger partial charge in [-0.2, -0.15) is 5.10 Å². The lowest BCUT2D eigenvalue weighted by Crippen LogP contribution is -2.44. The fourth-order valence-corrected chi connectivity index (χ4v) is 4.08. The van der Waals surface area contributed by atoms with E-state index in [9.17, 15) is 0 Å². The van der Waals surface area contributed by atoms with Gasteiger partial charge in [0.2, 0.25) is 0 Å². The number of nitrogens with zero attached hydrogens (tertiary/aromatic N) is 2. The number of aromatic nitrogens is 2. The largest absolute Gasteiger partial charge is 0.370 e. The van der Waals surface area contributed by atoms with Crippen molar-refractivity contribution in [3.05, 3.63) is 23.1 Å². The van der Waals surface area contributed by atoms with Gasteiger partial charge in [0.25, 0.3) is 0 Å². The molecule has 0 aliphatic carbocycles. The quantitative estimate of drug-likeness (QED) is 0.839. The summed E-state index contributed by atoms with van der Waals surface area (Å²) in [4.78, 5) is 1.30. The van der Waals surface area contributed by atoms with Crippen molar-refractivity contribution in [1.29, 1.82) is 0 Å². The normalized spacial score (nSPS) is 25.5. The van der Waals surface area contributed by atoms with Crippen molar-refractivity contribution in [1.82, 2.24) is 15.1 Å². The van der Waals surface area contributed by atoms with Crippen LogP contribution in [0.25, 0.3) is 10.6 Å².